The van der Waals surface area contributed by atoms with E-state index >= 15 is 0 Å². The maximum absolute atomic E-state index is 10.7. The van der Waals surface area contributed by atoms with Crippen LogP contribution < -0.4 is 5.32 Å². The van der Waals surface area contributed by atoms with Crippen molar-refractivity contribution in [2.45, 2.75) is 13.8 Å². The fraction of sp³-hybridized carbons (Fsp3) is 0.200. The molecule has 5 nitrogen and oxygen atoms in total. The van der Waals surface area contributed by atoms with Crippen molar-refractivity contribution in [2.75, 3.05) is 0 Å². The first kappa shape index (κ1) is 11.0. The molecule has 2 N–H and O–H groups in total. The van der Waals surface area contributed by atoms with Gasteiger partial charge >= 0.3 is 5.97 Å². The van der Waals surface area contributed by atoms with E-state index in [1.165, 1.54) is 13.0 Å². The second-order valence-electron chi connectivity index (χ2n) is 2.99. The van der Waals surface area contributed by atoms with E-state index in [0.717, 1.165) is 0 Å². The third kappa shape index (κ3) is 3.30. The average Bonchev–Trinajstić information content (AvgIpc) is 2.49. The predicted molar refractivity (Wildman–Crippen MR) is 52.9 cm³/mol. The summed E-state index contributed by atoms with van der Waals surface area (Å²) in [5.74, 6) is -0.585. The Hall–Kier alpha value is -2.04. The molecular weight excluding hydrogens is 198 g/mol. The molecule has 0 saturated heterocycles. The lowest BCUT2D eigenvalue weighted by Gasteiger charge is -2.00. The fourth-order valence-corrected chi connectivity index (χ4v) is 1.01. The number of amides is 1. The van der Waals surface area contributed by atoms with Gasteiger partial charge in [-0.15, -0.1) is 0 Å². The van der Waals surface area contributed by atoms with E-state index < -0.39 is 11.9 Å². The van der Waals surface area contributed by atoms with Crippen molar-refractivity contribution in [1.29, 1.82) is 0 Å². The smallest absolute Gasteiger partial charge is 0.352 e. The van der Waals surface area contributed by atoms with Gasteiger partial charge in [0.05, 0.1) is 0 Å². The molecule has 1 rings (SSSR count). The summed E-state index contributed by atoms with van der Waals surface area (Å²) in [6.45, 7) is 2.99. The molecular formula is C10H11NO4. The number of carboxylic acids is 1. The first-order valence-corrected chi connectivity index (χ1v) is 4.28. The first-order valence-electron chi connectivity index (χ1n) is 4.28. The van der Waals surface area contributed by atoms with Crippen LogP contribution in [0.25, 0.3) is 6.08 Å². The Morgan fingerprint density at radius 2 is 2.13 bits per heavy atom. The maximum atomic E-state index is 10.7. The van der Waals surface area contributed by atoms with Crippen LogP contribution in [0.15, 0.2) is 22.2 Å². The lowest BCUT2D eigenvalue weighted by atomic mass is 10.3. The van der Waals surface area contributed by atoms with Gasteiger partial charge in [-0.1, -0.05) is 0 Å². The number of rotatable bonds is 3. The van der Waals surface area contributed by atoms with Gasteiger partial charge in [0.2, 0.25) is 5.91 Å². The number of aliphatic carboxylic acids is 1. The molecule has 0 aliphatic heterocycles. The van der Waals surface area contributed by atoms with Crippen LogP contribution in [-0.4, -0.2) is 17.0 Å². The van der Waals surface area contributed by atoms with Crippen LogP contribution in [0, 0.1) is 6.92 Å². The molecule has 1 aromatic rings. The van der Waals surface area contributed by atoms with E-state index in [2.05, 4.69) is 5.32 Å². The van der Waals surface area contributed by atoms with Crippen LogP contribution in [0.4, 0.5) is 0 Å². The van der Waals surface area contributed by atoms with Gasteiger partial charge in [0.1, 0.15) is 17.2 Å². The van der Waals surface area contributed by atoms with Crippen molar-refractivity contribution in [1.82, 2.24) is 5.32 Å². The van der Waals surface area contributed by atoms with Gasteiger partial charge in [-0.25, -0.2) is 4.79 Å². The Bertz CT molecular complexity index is 417. The Labute approximate surface area is 86.4 Å². The molecule has 1 heterocycles. The molecule has 0 aliphatic rings. The highest BCUT2D eigenvalue weighted by Gasteiger charge is 2.09. The summed E-state index contributed by atoms with van der Waals surface area (Å²) in [6, 6.07) is 3.33. The van der Waals surface area contributed by atoms with E-state index in [1.54, 1.807) is 19.1 Å². The second-order valence-corrected chi connectivity index (χ2v) is 2.99. The van der Waals surface area contributed by atoms with Crippen LogP contribution in [0.5, 0.6) is 0 Å². The normalized spacial score (nSPS) is 11.2. The third-order valence-corrected chi connectivity index (χ3v) is 1.59. The molecule has 0 fully saturated rings. The minimum Gasteiger partial charge on any atom is -0.477 e. The fourth-order valence-electron chi connectivity index (χ4n) is 1.01. The van der Waals surface area contributed by atoms with Gasteiger partial charge in [0.15, 0.2) is 0 Å². The van der Waals surface area contributed by atoms with Crippen molar-refractivity contribution in [3.63, 3.8) is 0 Å². The van der Waals surface area contributed by atoms with E-state index in [1.807, 2.05) is 0 Å². The van der Waals surface area contributed by atoms with Crippen LogP contribution in [0.1, 0.15) is 18.4 Å². The summed E-state index contributed by atoms with van der Waals surface area (Å²) in [4.78, 5) is 21.4. The molecule has 0 atom stereocenters. The Balaban J connectivity index is 2.93. The molecule has 0 radical (unpaired) electrons. The number of hydrogen-bond donors (Lipinski definition) is 2. The zero-order valence-electron chi connectivity index (χ0n) is 8.40. The molecule has 0 aromatic carbocycles. The Morgan fingerprint density at radius 1 is 1.47 bits per heavy atom. The summed E-state index contributed by atoms with van der Waals surface area (Å²) in [5.41, 5.74) is -0.211. The number of carbonyl (C=O) groups excluding carboxylic acids is 1. The van der Waals surface area contributed by atoms with Crippen molar-refractivity contribution >= 4 is 18.0 Å². The molecule has 0 saturated carbocycles. The van der Waals surface area contributed by atoms with Crippen LogP contribution >= 0.6 is 0 Å². The van der Waals surface area contributed by atoms with Gasteiger partial charge in [-0.2, -0.15) is 0 Å². The predicted octanol–water partition coefficient (Wildman–Crippen LogP) is 1.15. The van der Waals surface area contributed by atoms with Gasteiger partial charge in [-0.3, -0.25) is 4.79 Å². The lowest BCUT2D eigenvalue weighted by molar-refractivity contribution is -0.134. The largest absolute Gasteiger partial charge is 0.477 e. The van der Waals surface area contributed by atoms with Gasteiger partial charge in [0, 0.05) is 13.0 Å². The maximum Gasteiger partial charge on any atom is 0.352 e. The number of furan rings is 1. The lowest BCUT2D eigenvalue weighted by Crippen LogP contribution is -2.24. The minimum absolute atomic E-state index is 0.211. The van der Waals surface area contributed by atoms with Crippen molar-refractivity contribution in [2.24, 2.45) is 0 Å². The summed E-state index contributed by atoms with van der Waals surface area (Å²) in [7, 11) is 0. The van der Waals surface area contributed by atoms with Crippen LogP contribution in [0.3, 0.4) is 0 Å². The molecule has 0 unspecified atom stereocenters. The van der Waals surface area contributed by atoms with Gasteiger partial charge in [0.25, 0.3) is 0 Å². The van der Waals surface area contributed by atoms with Crippen LogP contribution in [0.2, 0.25) is 0 Å². The molecule has 0 bridgehead atoms. The first-order chi connectivity index (χ1) is 6.99. The molecule has 0 spiro atoms. The van der Waals surface area contributed by atoms with Crippen molar-refractivity contribution < 1.29 is 19.1 Å². The number of carboxylic acid groups (broad SMARTS) is 1. The zero-order chi connectivity index (χ0) is 11.4. The monoisotopic (exact) mass is 209 g/mol. The Kier molecular flexibility index (Phi) is 3.28. The number of carbonyl (C=O) groups is 2. The van der Waals surface area contributed by atoms with Gasteiger partial charge < -0.3 is 14.8 Å². The average molecular weight is 209 g/mol. The SMILES string of the molecule is CC(=O)NC(=Cc1ccc(C)o1)C(=O)O. The minimum atomic E-state index is -1.21. The number of aryl methyl sites for hydroxylation is 1. The van der Waals surface area contributed by atoms with E-state index in [9.17, 15) is 9.59 Å². The number of hydrogen-bond acceptors (Lipinski definition) is 3. The highest BCUT2D eigenvalue weighted by atomic mass is 16.4. The van der Waals surface area contributed by atoms with Crippen molar-refractivity contribution in [3.05, 3.63) is 29.4 Å². The van der Waals surface area contributed by atoms with E-state index in [-0.39, 0.29) is 5.70 Å². The molecule has 0 aliphatic carbocycles. The van der Waals surface area contributed by atoms with E-state index in [4.69, 9.17) is 9.52 Å². The highest BCUT2D eigenvalue weighted by molar-refractivity contribution is 5.95. The summed E-state index contributed by atoms with van der Waals surface area (Å²) >= 11 is 0. The van der Waals surface area contributed by atoms with E-state index in [0.29, 0.717) is 11.5 Å². The van der Waals surface area contributed by atoms with Gasteiger partial charge in [-0.05, 0) is 19.1 Å². The molecule has 15 heavy (non-hydrogen) atoms. The third-order valence-electron chi connectivity index (χ3n) is 1.59. The zero-order valence-corrected chi connectivity index (χ0v) is 8.40. The molecule has 1 amide bonds. The molecule has 80 valence electrons. The topological polar surface area (TPSA) is 79.5 Å². The summed E-state index contributed by atoms with van der Waals surface area (Å²) < 4.78 is 5.15. The summed E-state index contributed by atoms with van der Waals surface area (Å²) in [6.07, 6.45) is 1.26. The quantitative estimate of drug-likeness (QED) is 0.732. The highest BCUT2D eigenvalue weighted by Crippen LogP contribution is 2.10. The number of nitrogens with one attached hydrogen (secondary N) is 1. The molecule has 1 aromatic heterocycles. The molecule has 5 heteroatoms. The van der Waals surface area contributed by atoms with Crippen molar-refractivity contribution in [3.8, 4) is 0 Å². The van der Waals surface area contributed by atoms with Crippen LogP contribution in [-0.2, 0) is 9.59 Å². The Morgan fingerprint density at radius 3 is 2.53 bits per heavy atom. The second kappa shape index (κ2) is 4.45. The standard InChI is InChI=1S/C10H11NO4/c1-6-3-4-8(15-6)5-9(10(13)14)11-7(2)12/h3-5H,1-2H3,(H,11,12)(H,13,14). The summed E-state index contributed by atoms with van der Waals surface area (Å²) in [5, 5.41) is 11.0.